The Morgan fingerprint density at radius 1 is 1.31 bits per heavy atom. The number of likely N-dealkylation sites (N-methyl/N-ethyl adjacent to an activating group) is 1. The zero-order valence-corrected chi connectivity index (χ0v) is 18.0. The Morgan fingerprint density at radius 3 is 2.62 bits per heavy atom. The standard InChI is InChI=1S/C22H27N7O3/c1-28(22(32)19(27-24)12-25-16-8-5-9-16)14-20(30)29-13-15(10-18(29)11-23)21(31)26-17-6-3-2-4-7-17/h2-4,6-7,12,15-16,18H,5,8-10,13-14,24H2,1H3,(H,26,31). The van der Waals surface area contributed by atoms with Gasteiger partial charge in [-0.05, 0) is 37.8 Å². The zero-order valence-electron chi connectivity index (χ0n) is 18.0. The molecular formula is C22H27N7O3. The lowest BCUT2D eigenvalue weighted by atomic mass is 9.94. The third-order valence-corrected chi connectivity index (χ3v) is 5.74. The highest BCUT2D eigenvalue weighted by Crippen LogP contribution is 2.25. The summed E-state index contributed by atoms with van der Waals surface area (Å²) in [5.74, 6) is 3.62. The zero-order chi connectivity index (χ0) is 23.1. The lowest BCUT2D eigenvalue weighted by molar-refractivity contribution is -0.136. The summed E-state index contributed by atoms with van der Waals surface area (Å²) in [4.78, 5) is 44.8. The number of amides is 3. The molecule has 1 saturated heterocycles. The van der Waals surface area contributed by atoms with Crippen LogP contribution in [0.2, 0.25) is 0 Å². The summed E-state index contributed by atoms with van der Waals surface area (Å²) in [6.45, 7) is -0.154. The quantitative estimate of drug-likeness (QED) is 0.368. The molecule has 32 heavy (non-hydrogen) atoms. The number of nitriles is 1. The number of anilines is 1. The van der Waals surface area contributed by atoms with E-state index in [4.69, 9.17) is 5.84 Å². The minimum atomic E-state index is -0.736. The van der Waals surface area contributed by atoms with Gasteiger partial charge >= 0.3 is 0 Å². The van der Waals surface area contributed by atoms with Crippen LogP contribution in [0, 0.1) is 17.2 Å². The number of likely N-dealkylation sites (tertiary alicyclic amines) is 1. The topological polar surface area (TPSA) is 144 Å². The SMILES string of the molecule is CN(CC(=O)N1CC(C(=O)Nc2ccccc2)CC1C#N)C(=O)C(C=NC1CCC1)=NN. The van der Waals surface area contributed by atoms with Gasteiger partial charge in [0.25, 0.3) is 5.91 Å². The maximum Gasteiger partial charge on any atom is 0.276 e. The van der Waals surface area contributed by atoms with Gasteiger partial charge in [-0.2, -0.15) is 10.4 Å². The molecule has 1 aliphatic carbocycles. The van der Waals surface area contributed by atoms with Gasteiger partial charge < -0.3 is 21.0 Å². The molecule has 0 bridgehead atoms. The summed E-state index contributed by atoms with van der Waals surface area (Å²) >= 11 is 0. The number of carbonyl (C=O) groups is 3. The van der Waals surface area contributed by atoms with Gasteiger partial charge in [0.05, 0.1) is 30.8 Å². The number of hydrogen-bond acceptors (Lipinski definition) is 7. The van der Waals surface area contributed by atoms with E-state index < -0.39 is 23.8 Å². The molecule has 2 aliphatic rings. The van der Waals surface area contributed by atoms with Crippen molar-refractivity contribution in [2.45, 2.75) is 37.8 Å². The summed E-state index contributed by atoms with van der Waals surface area (Å²) in [6.07, 6.45) is 4.65. The van der Waals surface area contributed by atoms with E-state index in [2.05, 4.69) is 21.5 Å². The first-order valence-electron chi connectivity index (χ1n) is 10.5. The highest BCUT2D eigenvalue weighted by molar-refractivity contribution is 6.60. The van der Waals surface area contributed by atoms with E-state index in [-0.39, 0.29) is 37.2 Å². The molecule has 10 heteroatoms. The van der Waals surface area contributed by atoms with Crippen LogP contribution in [0.4, 0.5) is 5.69 Å². The molecule has 1 aromatic carbocycles. The minimum Gasteiger partial charge on any atom is -0.331 e. The molecule has 2 fully saturated rings. The van der Waals surface area contributed by atoms with E-state index in [1.807, 2.05) is 6.07 Å². The summed E-state index contributed by atoms with van der Waals surface area (Å²) in [5.41, 5.74) is 0.615. The van der Waals surface area contributed by atoms with Crippen molar-refractivity contribution in [3.05, 3.63) is 30.3 Å². The number of hydrazone groups is 1. The maximum absolute atomic E-state index is 12.8. The predicted molar refractivity (Wildman–Crippen MR) is 120 cm³/mol. The molecule has 3 amide bonds. The van der Waals surface area contributed by atoms with Gasteiger partial charge in [-0.15, -0.1) is 0 Å². The van der Waals surface area contributed by atoms with E-state index in [1.165, 1.54) is 23.1 Å². The Balaban J connectivity index is 1.58. The summed E-state index contributed by atoms with van der Waals surface area (Å²) in [6, 6.07) is 10.5. The molecule has 3 rings (SSSR count). The van der Waals surface area contributed by atoms with Crippen LogP contribution >= 0.6 is 0 Å². The molecule has 1 aliphatic heterocycles. The summed E-state index contributed by atoms with van der Waals surface area (Å²) in [5, 5.41) is 15.8. The van der Waals surface area contributed by atoms with Crippen molar-refractivity contribution in [2.24, 2.45) is 21.9 Å². The number of carbonyl (C=O) groups excluding carboxylic acids is 3. The largest absolute Gasteiger partial charge is 0.331 e. The van der Waals surface area contributed by atoms with Crippen LogP contribution < -0.4 is 11.2 Å². The molecule has 168 valence electrons. The Hall–Kier alpha value is -3.74. The number of rotatable bonds is 7. The van der Waals surface area contributed by atoms with Crippen molar-refractivity contribution in [1.29, 1.82) is 5.26 Å². The number of hydrogen-bond donors (Lipinski definition) is 2. The number of benzene rings is 1. The van der Waals surface area contributed by atoms with E-state index in [0.717, 1.165) is 19.3 Å². The van der Waals surface area contributed by atoms with E-state index in [9.17, 15) is 19.6 Å². The van der Waals surface area contributed by atoms with Crippen molar-refractivity contribution in [3.63, 3.8) is 0 Å². The van der Waals surface area contributed by atoms with Gasteiger partial charge in [-0.1, -0.05) is 18.2 Å². The van der Waals surface area contributed by atoms with Crippen LogP contribution in [0.15, 0.2) is 40.4 Å². The van der Waals surface area contributed by atoms with Crippen molar-refractivity contribution >= 4 is 35.3 Å². The van der Waals surface area contributed by atoms with Crippen LogP contribution in [0.25, 0.3) is 0 Å². The van der Waals surface area contributed by atoms with Crippen LogP contribution in [0.3, 0.4) is 0 Å². The van der Waals surface area contributed by atoms with Gasteiger partial charge in [-0.3, -0.25) is 19.4 Å². The van der Waals surface area contributed by atoms with E-state index >= 15 is 0 Å². The molecule has 1 saturated carbocycles. The fraction of sp³-hybridized carbons (Fsp3) is 0.455. The van der Waals surface area contributed by atoms with Crippen LogP contribution in [-0.2, 0) is 14.4 Å². The van der Waals surface area contributed by atoms with Crippen molar-refractivity contribution in [1.82, 2.24) is 9.80 Å². The molecule has 0 spiro atoms. The number of para-hydroxylation sites is 1. The second-order valence-electron chi connectivity index (χ2n) is 8.02. The fourth-order valence-corrected chi connectivity index (χ4v) is 3.61. The molecule has 0 radical (unpaired) electrons. The molecule has 10 nitrogen and oxygen atoms in total. The normalized spacial score (nSPS) is 21.1. The maximum atomic E-state index is 12.8. The Morgan fingerprint density at radius 2 is 2.03 bits per heavy atom. The molecule has 0 aromatic heterocycles. The lowest BCUT2D eigenvalue weighted by Crippen LogP contribution is -2.45. The third-order valence-electron chi connectivity index (χ3n) is 5.74. The second kappa shape index (κ2) is 10.5. The predicted octanol–water partition coefficient (Wildman–Crippen LogP) is 0.762. The molecular weight excluding hydrogens is 410 g/mol. The summed E-state index contributed by atoms with van der Waals surface area (Å²) < 4.78 is 0. The van der Waals surface area contributed by atoms with Crippen molar-refractivity contribution in [3.8, 4) is 6.07 Å². The van der Waals surface area contributed by atoms with Crippen molar-refractivity contribution in [2.75, 3.05) is 25.5 Å². The van der Waals surface area contributed by atoms with Gasteiger partial charge in [0.2, 0.25) is 11.8 Å². The average Bonchev–Trinajstić information content (AvgIpc) is 3.20. The smallest absolute Gasteiger partial charge is 0.276 e. The third kappa shape index (κ3) is 5.49. The van der Waals surface area contributed by atoms with Crippen LogP contribution in [0.1, 0.15) is 25.7 Å². The highest BCUT2D eigenvalue weighted by atomic mass is 16.2. The minimum absolute atomic E-state index is 0.0365. The van der Waals surface area contributed by atoms with E-state index in [1.54, 1.807) is 24.3 Å². The Labute approximate surface area is 186 Å². The fourth-order valence-electron chi connectivity index (χ4n) is 3.61. The second-order valence-corrected chi connectivity index (χ2v) is 8.02. The first-order chi connectivity index (χ1) is 15.4. The van der Waals surface area contributed by atoms with Crippen molar-refractivity contribution < 1.29 is 14.4 Å². The Bertz CT molecular complexity index is 950. The number of nitrogens with zero attached hydrogens (tertiary/aromatic N) is 5. The van der Waals surface area contributed by atoms with Gasteiger partial charge in [-0.25, -0.2) is 0 Å². The molecule has 2 unspecified atom stereocenters. The first-order valence-corrected chi connectivity index (χ1v) is 10.5. The molecule has 1 heterocycles. The monoisotopic (exact) mass is 437 g/mol. The van der Waals surface area contributed by atoms with Gasteiger partial charge in [0.15, 0.2) is 5.71 Å². The first kappa shape index (κ1) is 22.9. The van der Waals surface area contributed by atoms with Crippen LogP contribution in [0.5, 0.6) is 0 Å². The molecule has 2 atom stereocenters. The number of nitrogens with two attached hydrogens (primary N) is 1. The van der Waals surface area contributed by atoms with Crippen LogP contribution in [-0.4, -0.2) is 71.7 Å². The van der Waals surface area contributed by atoms with Gasteiger partial charge in [0, 0.05) is 19.3 Å². The molecule has 3 N–H and O–H groups in total. The van der Waals surface area contributed by atoms with Gasteiger partial charge in [0.1, 0.15) is 6.04 Å². The average molecular weight is 438 g/mol. The number of nitrogens with one attached hydrogen (secondary N) is 1. The lowest BCUT2D eigenvalue weighted by Gasteiger charge is -2.24. The van der Waals surface area contributed by atoms with E-state index in [0.29, 0.717) is 5.69 Å². The number of aliphatic imine (C=N–C) groups is 1. The Kier molecular flexibility index (Phi) is 7.54. The molecule has 1 aromatic rings. The summed E-state index contributed by atoms with van der Waals surface area (Å²) in [7, 11) is 1.46. The highest BCUT2D eigenvalue weighted by Gasteiger charge is 2.39.